The molecule has 1 aliphatic heterocycles. The average molecular weight is 396 g/mol. The monoisotopic (exact) mass is 396 g/mol. The summed E-state index contributed by atoms with van der Waals surface area (Å²) in [6, 6.07) is 1.81. The minimum atomic E-state index is -0.737. The third-order valence-corrected chi connectivity index (χ3v) is 5.99. The molecule has 26 heavy (non-hydrogen) atoms. The van der Waals surface area contributed by atoms with E-state index in [1.54, 1.807) is 17.8 Å². The fourth-order valence-electron chi connectivity index (χ4n) is 2.78. The minimum Gasteiger partial charge on any atom is -0.465 e. The standard InChI is InChI=1S/C15H20N6O3S2/c1-2-24-11(22)10-25-14-20-19-13(26-14)18-12(23)15(4-7-16-8-5-15)21-9-3-6-17-21/h3,6,9,16H,2,4-5,7-8,10H2,1H3,(H,18,19,23). The van der Waals surface area contributed by atoms with Crippen LogP contribution in [0, 0.1) is 0 Å². The molecule has 0 saturated carbocycles. The molecule has 1 aliphatic rings. The molecule has 3 heterocycles. The van der Waals surface area contributed by atoms with Crippen LogP contribution in [0.15, 0.2) is 22.8 Å². The van der Waals surface area contributed by atoms with E-state index in [0.29, 0.717) is 28.9 Å². The number of nitrogens with zero attached hydrogens (tertiary/aromatic N) is 4. The zero-order chi connectivity index (χ0) is 18.4. The van der Waals surface area contributed by atoms with Crippen LogP contribution >= 0.6 is 23.1 Å². The topological polar surface area (TPSA) is 111 Å². The molecule has 2 aromatic rings. The van der Waals surface area contributed by atoms with Crippen molar-refractivity contribution in [1.29, 1.82) is 0 Å². The fourth-order valence-corrected chi connectivity index (χ4v) is 4.32. The number of hydrogen-bond donors (Lipinski definition) is 2. The van der Waals surface area contributed by atoms with Crippen LogP contribution in [0.1, 0.15) is 19.8 Å². The van der Waals surface area contributed by atoms with Gasteiger partial charge in [-0.25, -0.2) is 0 Å². The number of hydrogen-bond acceptors (Lipinski definition) is 9. The zero-order valence-corrected chi connectivity index (χ0v) is 15.9. The molecule has 3 rings (SSSR count). The SMILES string of the molecule is CCOC(=O)CSc1nnc(NC(=O)C2(n3cccn3)CCNCC2)s1. The number of amides is 1. The van der Waals surface area contributed by atoms with Crippen molar-refractivity contribution in [3.8, 4) is 0 Å². The lowest BCUT2D eigenvalue weighted by molar-refractivity contribution is -0.139. The predicted octanol–water partition coefficient (Wildman–Crippen LogP) is 1.11. The van der Waals surface area contributed by atoms with E-state index in [1.807, 2.05) is 12.3 Å². The molecule has 9 nitrogen and oxygen atoms in total. The minimum absolute atomic E-state index is 0.152. The van der Waals surface area contributed by atoms with Crippen LogP contribution < -0.4 is 10.6 Å². The van der Waals surface area contributed by atoms with Gasteiger partial charge < -0.3 is 10.1 Å². The predicted molar refractivity (Wildman–Crippen MR) is 98.2 cm³/mol. The zero-order valence-electron chi connectivity index (χ0n) is 14.3. The molecule has 1 fully saturated rings. The van der Waals surface area contributed by atoms with Gasteiger partial charge in [-0.1, -0.05) is 23.1 Å². The van der Waals surface area contributed by atoms with Crippen LogP contribution in [-0.4, -0.2) is 57.3 Å². The maximum absolute atomic E-state index is 13.0. The first-order valence-electron chi connectivity index (χ1n) is 8.28. The van der Waals surface area contributed by atoms with Crippen LogP contribution in [0.2, 0.25) is 0 Å². The number of aromatic nitrogens is 4. The van der Waals surface area contributed by atoms with Crippen molar-refractivity contribution in [3.63, 3.8) is 0 Å². The third-order valence-electron chi connectivity index (χ3n) is 4.04. The first-order valence-corrected chi connectivity index (χ1v) is 10.1. The molecular weight excluding hydrogens is 376 g/mol. The molecule has 0 spiro atoms. The van der Waals surface area contributed by atoms with E-state index < -0.39 is 5.54 Å². The molecule has 0 radical (unpaired) electrons. The number of carbonyl (C=O) groups excluding carboxylic acids is 2. The molecule has 2 aromatic heterocycles. The molecule has 11 heteroatoms. The molecular formula is C15H20N6O3S2. The highest BCUT2D eigenvalue weighted by Gasteiger charge is 2.42. The van der Waals surface area contributed by atoms with Crippen LogP contribution in [0.4, 0.5) is 5.13 Å². The van der Waals surface area contributed by atoms with Gasteiger partial charge in [-0.15, -0.1) is 10.2 Å². The second-order valence-corrected chi connectivity index (χ2v) is 7.85. The van der Waals surface area contributed by atoms with E-state index in [9.17, 15) is 9.59 Å². The van der Waals surface area contributed by atoms with E-state index in [1.165, 1.54) is 23.1 Å². The summed E-state index contributed by atoms with van der Waals surface area (Å²) in [7, 11) is 0. The van der Waals surface area contributed by atoms with Crippen LogP contribution in [-0.2, 0) is 19.9 Å². The lowest BCUT2D eigenvalue weighted by atomic mass is 9.87. The Kier molecular flexibility index (Phi) is 6.22. The summed E-state index contributed by atoms with van der Waals surface area (Å²) in [5.74, 6) is -0.286. The van der Waals surface area contributed by atoms with Crippen molar-refractivity contribution in [1.82, 2.24) is 25.3 Å². The number of esters is 1. The molecule has 0 aromatic carbocycles. The first-order chi connectivity index (χ1) is 12.6. The molecule has 140 valence electrons. The molecule has 1 saturated heterocycles. The Bertz CT molecular complexity index is 742. The van der Waals surface area contributed by atoms with Crippen LogP contribution in [0.5, 0.6) is 0 Å². The number of ether oxygens (including phenoxy) is 1. The highest BCUT2D eigenvalue weighted by Crippen LogP contribution is 2.31. The number of nitrogens with one attached hydrogen (secondary N) is 2. The van der Waals surface area contributed by atoms with Gasteiger partial charge in [-0.05, 0) is 38.9 Å². The van der Waals surface area contributed by atoms with Crippen LogP contribution in [0.3, 0.4) is 0 Å². The number of thioether (sulfide) groups is 1. The molecule has 1 amide bonds. The Balaban J connectivity index is 1.66. The lowest BCUT2D eigenvalue weighted by Crippen LogP contribution is -2.52. The normalized spacial score (nSPS) is 16.2. The number of rotatable bonds is 7. The first kappa shape index (κ1) is 18.8. The Morgan fingerprint density at radius 1 is 1.42 bits per heavy atom. The van der Waals surface area contributed by atoms with Crippen molar-refractivity contribution in [3.05, 3.63) is 18.5 Å². The van der Waals surface area contributed by atoms with Gasteiger partial charge >= 0.3 is 5.97 Å². The van der Waals surface area contributed by atoms with Crippen molar-refractivity contribution in [2.24, 2.45) is 0 Å². The Morgan fingerprint density at radius 3 is 2.92 bits per heavy atom. The fraction of sp³-hybridized carbons (Fsp3) is 0.533. The maximum Gasteiger partial charge on any atom is 0.316 e. The Hall–Kier alpha value is -1.98. The summed E-state index contributed by atoms with van der Waals surface area (Å²) in [5, 5.41) is 18.8. The Labute approximate surface area is 158 Å². The summed E-state index contributed by atoms with van der Waals surface area (Å²) in [6.45, 7) is 3.59. The summed E-state index contributed by atoms with van der Waals surface area (Å²) >= 11 is 2.48. The average Bonchev–Trinajstić information content (AvgIpc) is 3.33. The van der Waals surface area contributed by atoms with Crippen molar-refractivity contribution < 1.29 is 14.3 Å². The summed E-state index contributed by atoms with van der Waals surface area (Å²) in [5.41, 5.74) is -0.737. The van der Waals surface area contributed by atoms with Gasteiger partial charge in [0, 0.05) is 12.4 Å². The van der Waals surface area contributed by atoms with Gasteiger partial charge in [-0.3, -0.25) is 19.6 Å². The quantitative estimate of drug-likeness (QED) is 0.407. The smallest absolute Gasteiger partial charge is 0.316 e. The van der Waals surface area contributed by atoms with Crippen molar-refractivity contribution in [2.75, 3.05) is 30.8 Å². The van der Waals surface area contributed by atoms with E-state index in [-0.39, 0.29) is 17.6 Å². The highest BCUT2D eigenvalue weighted by atomic mass is 32.2. The number of carbonyl (C=O) groups is 2. The largest absolute Gasteiger partial charge is 0.465 e. The van der Waals surface area contributed by atoms with Gasteiger partial charge in [0.05, 0.1) is 12.4 Å². The molecule has 0 aliphatic carbocycles. The van der Waals surface area contributed by atoms with Crippen LogP contribution in [0.25, 0.3) is 0 Å². The van der Waals surface area contributed by atoms with E-state index in [0.717, 1.165) is 13.1 Å². The van der Waals surface area contributed by atoms with Crippen molar-refractivity contribution >= 4 is 40.1 Å². The van der Waals surface area contributed by atoms with Gasteiger partial charge in [0.2, 0.25) is 5.13 Å². The summed E-state index contributed by atoms with van der Waals surface area (Å²) in [6.07, 6.45) is 4.77. The summed E-state index contributed by atoms with van der Waals surface area (Å²) in [4.78, 5) is 24.4. The van der Waals surface area contributed by atoms with Gasteiger partial charge in [0.1, 0.15) is 5.54 Å². The highest BCUT2D eigenvalue weighted by molar-refractivity contribution is 8.01. The number of piperidine rings is 1. The van der Waals surface area contributed by atoms with Gasteiger partial charge in [0.15, 0.2) is 4.34 Å². The molecule has 0 atom stereocenters. The lowest BCUT2D eigenvalue weighted by Gasteiger charge is -2.36. The second kappa shape index (κ2) is 8.60. The number of anilines is 1. The van der Waals surface area contributed by atoms with E-state index in [2.05, 4.69) is 25.9 Å². The second-order valence-electron chi connectivity index (χ2n) is 5.65. The Morgan fingerprint density at radius 2 is 2.23 bits per heavy atom. The third kappa shape index (κ3) is 4.22. The van der Waals surface area contributed by atoms with E-state index in [4.69, 9.17) is 4.74 Å². The molecule has 0 unspecified atom stereocenters. The van der Waals surface area contributed by atoms with Gasteiger partial charge in [-0.2, -0.15) is 5.10 Å². The van der Waals surface area contributed by atoms with Crippen molar-refractivity contribution in [2.45, 2.75) is 29.6 Å². The maximum atomic E-state index is 13.0. The van der Waals surface area contributed by atoms with Gasteiger partial charge in [0.25, 0.3) is 5.91 Å². The van der Waals surface area contributed by atoms with E-state index >= 15 is 0 Å². The molecule has 2 N–H and O–H groups in total. The summed E-state index contributed by atoms with van der Waals surface area (Å²) < 4.78 is 7.21. The molecule has 0 bridgehead atoms.